The number of aromatic amines is 2. The number of benzene rings is 1. The van der Waals surface area contributed by atoms with E-state index in [1.807, 2.05) is 0 Å². The maximum Gasteiger partial charge on any atom is 0.323 e. The minimum atomic E-state index is -1.03. The molecule has 0 radical (unpaired) electrons. The predicted octanol–water partition coefficient (Wildman–Crippen LogP) is 1.47. The minimum absolute atomic E-state index is 0.316. The summed E-state index contributed by atoms with van der Waals surface area (Å²) in [5.41, 5.74) is 1.60. The summed E-state index contributed by atoms with van der Waals surface area (Å²) < 4.78 is 12.8. The van der Waals surface area contributed by atoms with Crippen molar-refractivity contribution in [3.05, 3.63) is 64.1 Å². The highest BCUT2D eigenvalue weighted by molar-refractivity contribution is 5.78. The number of aliphatic hydroxyl groups is 1. The quantitative estimate of drug-likeness (QED) is 0.651. The number of nitrogens with one attached hydrogen (secondary N) is 2. The molecule has 19 heavy (non-hydrogen) atoms. The van der Waals surface area contributed by atoms with Gasteiger partial charge in [-0.25, -0.2) is 9.18 Å². The lowest BCUT2D eigenvalue weighted by Crippen LogP contribution is -2.04. The van der Waals surface area contributed by atoms with Crippen molar-refractivity contribution in [1.82, 2.24) is 15.0 Å². The van der Waals surface area contributed by atoms with Gasteiger partial charge in [0.2, 0.25) is 0 Å². The minimum Gasteiger partial charge on any atom is -0.382 e. The first kappa shape index (κ1) is 11.6. The fourth-order valence-electron chi connectivity index (χ4n) is 2.02. The number of pyridine rings is 1. The van der Waals surface area contributed by atoms with E-state index in [0.717, 1.165) is 6.20 Å². The molecule has 2 aromatic heterocycles. The van der Waals surface area contributed by atoms with Gasteiger partial charge in [-0.15, -0.1) is 0 Å². The van der Waals surface area contributed by atoms with Crippen molar-refractivity contribution in [1.29, 1.82) is 0 Å². The van der Waals surface area contributed by atoms with Gasteiger partial charge >= 0.3 is 5.69 Å². The summed E-state index contributed by atoms with van der Waals surface area (Å²) in [6.07, 6.45) is 0.00852. The number of hydrogen-bond donors (Lipinski definition) is 3. The highest BCUT2D eigenvalue weighted by Crippen LogP contribution is 2.25. The molecule has 0 aliphatic heterocycles. The van der Waals surface area contributed by atoms with E-state index >= 15 is 0 Å². The molecule has 2 heterocycles. The van der Waals surface area contributed by atoms with Crippen LogP contribution < -0.4 is 5.69 Å². The summed E-state index contributed by atoms with van der Waals surface area (Å²) in [7, 11) is 0. The van der Waals surface area contributed by atoms with E-state index in [4.69, 9.17) is 0 Å². The van der Waals surface area contributed by atoms with Crippen LogP contribution in [0.15, 0.2) is 41.3 Å². The lowest BCUT2D eigenvalue weighted by atomic mass is 10.0. The van der Waals surface area contributed by atoms with Crippen LogP contribution in [0, 0.1) is 5.82 Å². The highest BCUT2D eigenvalue weighted by Gasteiger charge is 2.16. The summed E-state index contributed by atoms with van der Waals surface area (Å²) in [5, 5.41) is 10.3. The molecule has 0 saturated heterocycles. The molecule has 3 N–H and O–H groups in total. The Kier molecular flexibility index (Phi) is 2.64. The van der Waals surface area contributed by atoms with E-state index in [0.29, 0.717) is 22.3 Å². The average molecular weight is 259 g/mol. The number of H-pyrrole nitrogens is 2. The van der Waals surface area contributed by atoms with Crippen LogP contribution in [0.1, 0.15) is 17.4 Å². The number of nitrogens with zero attached hydrogens (tertiary/aromatic N) is 1. The van der Waals surface area contributed by atoms with Gasteiger partial charge in [0.15, 0.2) is 0 Å². The molecular weight excluding hydrogens is 249 g/mol. The summed E-state index contributed by atoms with van der Waals surface area (Å²) in [4.78, 5) is 20.4. The van der Waals surface area contributed by atoms with Crippen LogP contribution in [0.4, 0.5) is 4.39 Å². The Morgan fingerprint density at radius 3 is 2.79 bits per heavy atom. The van der Waals surface area contributed by atoms with Crippen LogP contribution in [0.2, 0.25) is 0 Å². The monoisotopic (exact) mass is 259 g/mol. The first-order valence-corrected chi connectivity index (χ1v) is 5.65. The molecular formula is C13H10FN3O2. The third-order valence-electron chi connectivity index (χ3n) is 2.91. The molecule has 1 aromatic carbocycles. The van der Waals surface area contributed by atoms with E-state index in [1.165, 1.54) is 12.1 Å². The van der Waals surface area contributed by atoms with Gasteiger partial charge < -0.3 is 15.1 Å². The lowest BCUT2D eigenvalue weighted by molar-refractivity contribution is 0.216. The summed E-state index contributed by atoms with van der Waals surface area (Å²) in [6, 6.07) is 7.76. The molecule has 1 atom stereocenters. The maximum atomic E-state index is 12.8. The lowest BCUT2D eigenvalue weighted by Gasteiger charge is -2.11. The predicted molar refractivity (Wildman–Crippen MR) is 67.2 cm³/mol. The van der Waals surface area contributed by atoms with Crippen LogP contribution >= 0.6 is 0 Å². The highest BCUT2D eigenvalue weighted by atomic mass is 19.1. The molecule has 0 aliphatic carbocycles. The van der Waals surface area contributed by atoms with E-state index in [-0.39, 0.29) is 5.69 Å². The summed E-state index contributed by atoms with van der Waals surface area (Å²) >= 11 is 0. The fourth-order valence-corrected chi connectivity index (χ4v) is 2.02. The molecule has 1 unspecified atom stereocenters. The smallest absolute Gasteiger partial charge is 0.323 e. The van der Waals surface area contributed by atoms with E-state index in [2.05, 4.69) is 15.0 Å². The first-order chi connectivity index (χ1) is 9.15. The molecule has 3 rings (SSSR count). The molecule has 6 heteroatoms. The zero-order valence-corrected chi connectivity index (χ0v) is 9.72. The molecule has 0 fully saturated rings. The summed E-state index contributed by atoms with van der Waals surface area (Å²) in [6.45, 7) is 0. The number of fused-ring (bicyclic) bond motifs is 1. The van der Waals surface area contributed by atoms with E-state index in [9.17, 15) is 14.3 Å². The van der Waals surface area contributed by atoms with Crippen molar-refractivity contribution in [2.24, 2.45) is 0 Å². The number of hydrogen-bond acceptors (Lipinski definition) is 3. The Morgan fingerprint density at radius 2 is 2.05 bits per heavy atom. The summed E-state index contributed by atoms with van der Waals surface area (Å²) in [5.74, 6) is -0.468. The van der Waals surface area contributed by atoms with Crippen LogP contribution in [0.5, 0.6) is 0 Å². The molecule has 0 spiro atoms. The van der Waals surface area contributed by atoms with Gasteiger partial charge in [0, 0.05) is 5.56 Å². The Labute approximate surface area is 106 Å². The topological polar surface area (TPSA) is 81.8 Å². The Bertz CT molecular complexity index is 776. The molecule has 0 amide bonds. The molecule has 0 saturated carbocycles. The number of para-hydroxylation sites is 1. The van der Waals surface area contributed by atoms with Gasteiger partial charge in [-0.2, -0.15) is 0 Å². The van der Waals surface area contributed by atoms with Crippen molar-refractivity contribution >= 4 is 11.0 Å². The van der Waals surface area contributed by atoms with Gasteiger partial charge in [0.05, 0.1) is 22.9 Å². The van der Waals surface area contributed by atoms with Gasteiger partial charge in [-0.3, -0.25) is 4.98 Å². The SMILES string of the molecule is O=c1[nH]c2cccc(C(O)c3ccc(F)cn3)c2[nH]1. The van der Waals surface area contributed by atoms with Crippen LogP contribution in [-0.4, -0.2) is 20.1 Å². The molecule has 3 aromatic rings. The second-order valence-electron chi connectivity index (χ2n) is 4.15. The van der Waals surface area contributed by atoms with Gasteiger partial charge in [0.25, 0.3) is 0 Å². The molecule has 0 aliphatic rings. The van der Waals surface area contributed by atoms with Gasteiger partial charge in [-0.1, -0.05) is 12.1 Å². The number of aliphatic hydroxyl groups excluding tert-OH is 1. The van der Waals surface area contributed by atoms with Crippen LogP contribution in [0.3, 0.4) is 0 Å². The zero-order valence-electron chi connectivity index (χ0n) is 9.72. The third kappa shape index (κ3) is 2.02. The largest absolute Gasteiger partial charge is 0.382 e. The Morgan fingerprint density at radius 1 is 1.21 bits per heavy atom. The number of aromatic nitrogens is 3. The maximum absolute atomic E-state index is 12.8. The second-order valence-corrected chi connectivity index (χ2v) is 4.15. The van der Waals surface area contributed by atoms with Crippen molar-refractivity contribution in [2.75, 3.05) is 0 Å². The normalized spacial score (nSPS) is 12.7. The average Bonchev–Trinajstić information content (AvgIpc) is 2.78. The molecule has 0 bridgehead atoms. The number of rotatable bonds is 2. The Hall–Kier alpha value is -2.47. The van der Waals surface area contributed by atoms with Crippen molar-refractivity contribution in [3.63, 3.8) is 0 Å². The Balaban J connectivity index is 2.13. The van der Waals surface area contributed by atoms with Crippen LogP contribution in [0.25, 0.3) is 11.0 Å². The van der Waals surface area contributed by atoms with Gasteiger partial charge in [-0.05, 0) is 18.2 Å². The first-order valence-electron chi connectivity index (χ1n) is 5.65. The fraction of sp³-hybridized carbons (Fsp3) is 0.0769. The van der Waals surface area contributed by atoms with Gasteiger partial charge in [0.1, 0.15) is 11.9 Å². The number of halogens is 1. The second kappa shape index (κ2) is 4.33. The van der Waals surface area contributed by atoms with E-state index < -0.39 is 11.9 Å². The third-order valence-corrected chi connectivity index (χ3v) is 2.91. The van der Waals surface area contributed by atoms with E-state index in [1.54, 1.807) is 18.2 Å². The number of imidazole rings is 1. The van der Waals surface area contributed by atoms with Crippen molar-refractivity contribution in [3.8, 4) is 0 Å². The standard InChI is InChI=1S/C13H10FN3O2/c14-7-4-5-10(15-6-7)12(18)8-2-1-3-9-11(8)17-13(19)16-9/h1-6,12,18H,(H2,16,17,19). The van der Waals surface area contributed by atoms with Crippen molar-refractivity contribution < 1.29 is 9.50 Å². The molecule has 96 valence electrons. The van der Waals surface area contributed by atoms with Crippen LogP contribution in [-0.2, 0) is 0 Å². The molecule has 5 nitrogen and oxygen atoms in total. The van der Waals surface area contributed by atoms with Crippen molar-refractivity contribution in [2.45, 2.75) is 6.10 Å². The zero-order chi connectivity index (χ0) is 13.4.